The predicted octanol–water partition coefficient (Wildman–Crippen LogP) is 3.02. The Morgan fingerprint density at radius 3 is 2.32 bits per heavy atom. The van der Waals surface area contributed by atoms with Crippen molar-refractivity contribution in [2.75, 3.05) is 20.2 Å². The molecule has 1 aromatic rings. The molecule has 0 aliphatic rings. The number of esters is 1. The number of ether oxygens (including phenoxy) is 1. The monoisotopic (exact) mass is 303 g/mol. The first-order chi connectivity index (χ1) is 9.01. The van der Waals surface area contributed by atoms with Gasteiger partial charge in [0.25, 0.3) is 5.91 Å². The van der Waals surface area contributed by atoms with E-state index in [9.17, 15) is 9.59 Å². The van der Waals surface area contributed by atoms with E-state index >= 15 is 0 Å². The highest BCUT2D eigenvalue weighted by atomic mass is 35.5. The quantitative estimate of drug-likeness (QED) is 0.786. The van der Waals surface area contributed by atoms with Crippen LogP contribution in [-0.4, -0.2) is 37.0 Å². The van der Waals surface area contributed by atoms with E-state index in [-0.39, 0.29) is 30.4 Å². The molecule has 0 fully saturated rings. The predicted molar refractivity (Wildman–Crippen MR) is 74.7 cm³/mol. The molecule has 0 saturated carbocycles. The molecule has 0 aliphatic carbocycles. The maximum atomic E-state index is 12.3. The molecule has 1 rings (SSSR count). The van der Waals surface area contributed by atoms with Crippen molar-refractivity contribution in [1.29, 1.82) is 0 Å². The molecule has 0 radical (unpaired) electrons. The molecule has 0 atom stereocenters. The van der Waals surface area contributed by atoms with Gasteiger partial charge >= 0.3 is 5.97 Å². The fourth-order valence-electron chi connectivity index (χ4n) is 1.59. The van der Waals surface area contributed by atoms with Crippen molar-refractivity contribution in [3.8, 4) is 0 Å². The van der Waals surface area contributed by atoms with Crippen LogP contribution < -0.4 is 0 Å². The Bertz CT molecular complexity index is 457. The highest BCUT2D eigenvalue weighted by Gasteiger charge is 2.20. The summed E-state index contributed by atoms with van der Waals surface area (Å²) < 4.78 is 4.55. The van der Waals surface area contributed by atoms with Gasteiger partial charge < -0.3 is 9.64 Å². The van der Waals surface area contributed by atoms with Gasteiger partial charge in [0.15, 0.2) is 0 Å². The minimum atomic E-state index is -0.364. The van der Waals surface area contributed by atoms with Gasteiger partial charge in [-0.25, -0.2) is 0 Å². The molecular formula is C13H15Cl2NO3. The molecule has 104 valence electrons. The van der Waals surface area contributed by atoms with Gasteiger partial charge in [0.2, 0.25) is 0 Å². The van der Waals surface area contributed by atoms with Gasteiger partial charge in [-0.2, -0.15) is 0 Å². The van der Waals surface area contributed by atoms with E-state index in [0.717, 1.165) is 0 Å². The van der Waals surface area contributed by atoms with E-state index in [4.69, 9.17) is 23.2 Å². The topological polar surface area (TPSA) is 46.6 Å². The summed E-state index contributed by atoms with van der Waals surface area (Å²) in [6.45, 7) is 2.54. The van der Waals surface area contributed by atoms with E-state index in [1.807, 2.05) is 6.92 Å². The van der Waals surface area contributed by atoms with Crippen LogP contribution >= 0.6 is 23.2 Å². The van der Waals surface area contributed by atoms with Crippen molar-refractivity contribution >= 4 is 35.1 Å². The number of halogens is 2. The van der Waals surface area contributed by atoms with Crippen LogP contribution in [0.15, 0.2) is 18.2 Å². The zero-order valence-corrected chi connectivity index (χ0v) is 12.3. The Kier molecular flexibility index (Phi) is 6.12. The number of benzene rings is 1. The maximum Gasteiger partial charge on any atom is 0.307 e. The third kappa shape index (κ3) is 4.11. The first-order valence-corrected chi connectivity index (χ1v) is 6.57. The molecule has 1 amide bonds. The van der Waals surface area contributed by atoms with Crippen LogP contribution in [-0.2, 0) is 9.53 Å². The van der Waals surface area contributed by atoms with E-state index in [1.54, 1.807) is 18.2 Å². The minimum Gasteiger partial charge on any atom is -0.469 e. The second-order valence-corrected chi connectivity index (χ2v) is 4.62. The lowest BCUT2D eigenvalue weighted by Gasteiger charge is -2.21. The number of methoxy groups -OCH3 is 1. The van der Waals surface area contributed by atoms with Crippen molar-refractivity contribution < 1.29 is 14.3 Å². The zero-order valence-electron chi connectivity index (χ0n) is 10.8. The van der Waals surface area contributed by atoms with E-state index in [1.165, 1.54) is 12.0 Å². The molecule has 0 aromatic heterocycles. The summed E-state index contributed by atoms with van der Waals surface area (Å²) in [4.78, 5) is 24.9. The van der Waals surface area contributed by atoms with Crippen LogP contribution in [0, 0.1) is 0 Å². The van der Waals surface area contributed by atoms with Gasteiger partial charge in [0.05, 0.1) is 29.1 Å². The van der Waals surface area contributed by atoms with Gasteiger partial charge in [-0.05, 0) is 19.1 Å². The molecule has 0 aliphatic heterocycles. The largest absolute Gasteiger partial charge is 0.469 e. The number of rotatable bonds is 5. The maximum absolute atomic E-state index is 12.3. The Balaban J connectivity index is 2.87. The second kappa shape index (κ2) is 7.36. The summed E-state index contributed by atoms with van der Waals surface area (Å²) in [6.07, 6.45) is 0.137. The molecule has 0 spiro atoms. The molecule has 4 nitrogen and oxygen atoms in total. The lowest BCUT2D eigenvalue weighted by Crippen LogP contribution is -2.33. The second-order valence-electron chi connectivity index (χ2n) is 3.81. The zero-order chi connectivity index (χ0) is 14.4. The first kappa shape index (κ1) is 15.8. The fourth-order valence-corrected chi connectivity index (χ4v) is 2.15. The molecule has 1 aromatic carbocycles. The molecule has 19 heavy (non-hydrogen) atoms. The summed E-state index contributed by atoms with van der Waals surface area (Å²) >= 11 is 12.0. The van der Waals surface area contributed by atoms with Crippen LogP contribution in [0.1, 0.15) is 23.7 Å². The molecule has 0 N–H and O–H groups in total. The molecule has 0 bridgehead atoms. The number of carbonyl (C=O) groups excluding carboxylic acids is 2. The van der Waals surface area contributed by atoms with Crippen molar-refractivity contribution in [2.24, 2.45) is 0 Å². The van der Waals surface area contributed by atoms with Gasteiger partial charge in [-0.3, -0.25) is 9.59 Å². The summed E-state index contributed by atoms with van der Waals surface area (Å²) in [7, 11) is 1.31. The third-order valence-corrected chi connectivity index (χ3v) is 3.29. The number of carbonyl (C=O) groups is 2. The van der Waals surface area contributed by atoms with Crippen molar-refractivity contribution in [1.82, 2.24) is 4.90 Å². The summed E-state index contributed by atoms with van der Waals surface area (Å²) in [6, 6.07) is 4.88. The SMILES string of the molecule is CCN(CCC(=O)OC)C(=O)c1c(Cl)cccc1Cl. The molecule has 0 saturated heterocycles. The number of hydrogen-bond acceptors (Lipinski definition) is 3. The van der Waals surface area contributed by atoms with Crippen LogP contribution in [0.4, 0.5) is 0 Å². The standard InChI is InChI=1S/C13H15Cl2NO3/c1-3-16(8-7-11(17)19-2)13(18)12-9(14)5-4-6-10(12)15/h4-6H,3,7-8H2,1-2H3. The van der Waals surface area contributed by atoms with Crippen LogP contribution in [0.25, 0.3) is 0 Å². The van der Waals surface area contributed by atoms with Gasteiger partial charge in [-0.1, -0.05) is 29.3 Å². The summed E-state index contributed by atoms with van der Waals surface area (Å²) in [5.41, 5.74) is 0.262. The van der Waals surface area contributed by atoms with Crippen molar-refractivity contribution in [3.05, 3.63) is 33.8 Å². The molecule has 0 unspecified atom stereocenters. The third-order valence-electron chi connectivity index (χ3n) is 2.66. The van der Waals surface area contributed by atoms with Gasteiger partial charge in [-0.15, -0.1) is 0 Å². The van der Waals surface area contributed by atoms with E-state index in [0.29, 0.717) is 16.6 Å². The number of amides is 1. The Morgan fingerprint density at radius 1 is 1.26 bits per heavy atom. The Labute approximate surface area is 122 Å². The molecular weight excluding hydrogens is 289 g/mol. The summed E-state index contributed by atoms with van der Waals surface area (Å²) in [5, 5.41) is 0.600. The fraction of sp³-hybridized carbons (Fsp3) is 0.385. The molecule has 0 heterocycles. The lowest BCUT2D eigenvalue weighted by molar-refractivity contribution is -0.140. The number of hydrogen-bond donors (Lipinski definition) is 0. The van der Waals surface area contributed by atoms with Crippen molar-refractivity contribution in [3.63, 3.8) is 0 Å². The van der Waals surface area contributed by atoms with Crippen LogP contribution in [0.3, 0.4) is 0 Å². The molecule has 6 heteroatoms. The van der Waals surface area contributed by atoms with Crippen molar-refractivity contribution in [2.45, 2.75) is 13.3 Å². The van der Waals surface area contributed by atoms with E-state index in [2.05, 4.69) is 4.74 Å². The normalized spacial score (nSPS) is 10.1. The highest BCUT2D eigenvalue weighted by molar-refractivity contribution is 6.39. The van der Waals surface area contributed by atoms with Gasteiger partial charge in [0, 0.05) is 13.1 Å². The van der Waals surface area contributed by atoms with E-state index < -0.39 is 0 Å². The van der Waals surface area contributed by atoms with Crippen LogP contribution in [0.2, 0.25) is 10.0 Å². The average Bonchev–Trinajstić information content (AvgIpc) is 2.38. The average molecular weight is 304 g/mol. The number of nitrogens with zero attached hydrogens (tertiary/aromatic N) is 1. The lowest BCUT2D eigenvalue weighted by atomic mass is 10.2. The highest BCUT2D eigenvalue weighted by Crippen LogP contribution is 2.25. The Morgan fingerprint density at radius 2 is 1.84 bits per heavy atom. The smallest absolute Gasteiger partial charge is 0.307 e. The van der Waals surface area contributed by atoms with Gasteiger partial charge in [0.1, 0.15) is 0 Å². The summed E-state index contributed by atoms with van der Waals surface area (Å²) in [5.74, 6) is -0.654. The minimum absolute atomic E-state index is 0.137. The Hall–Kier alpha value is -1.26. The first-order valence-electron chi connectivity index (χ1n) is 5.81. The van der Waals surface area contributed by atoms with Crippen LogP contribution in [0.5, 0.6) is 0 Å².